The lowest BCUT2D eigenvalue weighted by Crippen LogP contribution is -2.29. The molecule has 3 aromatic rings. The number of benzene rings is 2. The monoisotopic (exact) mass is 520 g/mol. The third-order valence-electron chi connectivity index (χ3n) is 6.15. The molecule has 0 bridgehead atoms. The molecule has 1 unspecified atom stereocenters. The maximum atomic E-state index is 13.5. The lowest BCUT2D eigenvalue weighted by Gasteiger charge is -2.28. The van der Waals surface area contributed by atoms with Gasteiger partial charge in [0.25, 0.3) is 0 Å². The second-order valence-electron chi connectivity index (χ2n) is 9.59. The number of ether oxygens (including phenoxy) is 2. The largest absolute Gasteiger partial charge is 0.494 e. The Labute approximate surface area is 223 Å². The lowest BCUT2D eigenvalue weighted by atomic mass is 9.95. The number of hydrogen-bond donors (Lipinski definition) is 1. The second kappa shape index (κ2) is 12.8. The highest BCUT2D eigenvalue weighted by molar-refractivity contribution is 7.99. The number of anilines is 1. The minimum absolute atomic E-state index is 0.203. The number of rotatable bonds is 12. The van der Waals surface area contributed by atoms with Crippen LogP contribution in [0.2, 0.25) is 0 Å². The van der Waals surface area contributed by atoms with Crippen LogP contribution < -0.4 is 10.1 Å². The van der Waals surface area contributed by atoms with Gasteiger partial charge in [-0.05, 0) is 48.9 Å². The first-order valence-electron chi connectivity index (χ1n) is 13.0. The Morgan fingerprint density at radius 3 is 2.59 bits per heavy atom. The van der Waals surface area contributed by atoms with E-state index in [1.807, 2.05) is 61.5 Å². The van der Waals surface area contributed by atoms with Gasteiger partial charge in [0.05, 0.1) is 12.2 Å². The van der Waals surface area contributed by atoms with Crippen molar-refractivity contribution in [3.05, 3.63) is 77.0 Å². The van der Waals surface area contributed by atoms with Crippen molar-refractivity contribution in [2.45, 2.75) is 64.8 Å². The lowest BCUT2D eigenvalue weighted by molar-refractivity contribution is -0.140. The molecule has 4 rings (SSSR count). The van der Waals surface area contributed by atoms with E-state index in [1.54, 1.807) is 16.4 Å². The van der Waals surface area contributed by atoms with Gasteiger partial charge in [-0.3, -0.25) is 0 Å². The van der Waals surface area contributed by atoms with E-state index < -0.39 is 6.04 Å². The van der Waals surface area contributed by atoms with Crippen LogP contribution in [0.5, 0.6) is 5.75 Å². The Balaban J connectivity index is 1.61. The van der Waals surface area contributed by atoms with E-state index in [1.165, 1.54) is 0 Å². The molecule has 0 spiro atoms. The zero-order valence-electron chi connectivity index (χ0n) is 22.1. The molecular formula is C29H36N4O3S. The van der Waals surface area contributed by atoms with E-state index in [-0.39, 0.29) is 12.6 Å². The van der Waals surface area contributed by atoms with E-state index in [2.05, 4.69) is 26.1 Å². The van der Waals surface area contributed by atoms with E-state index in [0.717, 1.165) is 41.9 Å². The number of aromatic nitrogens is 3. The van der Waals surface area contributed by atoms with Crippen molar-refractivity contribution < 1.29 is 14.3 Å². The average Bonchev–Trinajstić information content (AvgIpc) is 3.29. The predicted molar refractivity (Wildman–Crippen MR) is 148 cm³/mol. The molecule has 0 saturated carbocycles. The van der Waals surface area contributed by atoms with Crippen LogP contribution in [0.15, 0.2) is 71.0 Å². The van der Waals surface area contributed by atoms with Crippen molar-refractivity contribution >= 4 is 23.7 Å². The van der Waals surface area contributed by atoms with E-state index >= 15 is 0 Å². The SMILES string of the molecule is CCCCSc1nc2n(n1)C(c1ccc(OCCC(C)C)cc1)C(C(=O)OCc1ccccc1)=C(C)N2. The van der Waals surface area contributed by atoms with Gasteiger partial charge in [0.15, 0.2) is 0 Å². The van der Waals surface area contributed by atoms with Gasteiger partial charge in [-0.1, -0.05) is 81.4 Å². The minimum Gasteiger partial charge on any atom is -0.494 e. The molecule has 1 atom stereocenters. The molecule has 196 valence electrons. The molecule has 1 aliphatic heterocycles. The topological polar surface area (TPSA) is 78.3 Å². The molecule has 7 nitrogen and oxygen atoms in total. The van der Waals surface area contributed by atoms with Crippen LogP contribution in [-0.4, -0.2) is 33.1 Å². The number of carbonyl (C=O) groups excluding carboxylic acids is 1. The zero-order valence-corrected chi connectivity index (χ0v) is 22.9. The molecule has 0 saturated heterocycles. The summed E-state index contributed by atoms with van der Waals surface area (Å²) in [6.45, 7) is 9.29. The highest BCUT2D eigenvalue weighted by Crippen LogP contribution is 2.37. The summed E-state index contributed by atoms with van der Waals surface area (Å²) in [6, 6.07) is 17.1. The number of thioether (sulfide) groups is 1. The van der Waals surface area contributed by atoms with E-state index in [0.29, 0.717) is 34.9 Å². The van der Waals surface area contributed by atoms with Crippen molar-refractivity contribution in [2.24, 2.45) is 5.92 Å². The number of allylic oxidation sites excluding steroid dienone is 1. The van der Waals surface area contributed by atoms with Crippen LogP contribution in [0.1, 0.15) is 64.1 Å². The van der Waals surface area contributed by atoms with Crippen molar-refractivity contribution in [3.63, 3.8) is 0 Å². The number of unbranched alkanes of at least 4 members (excludes halogenated alkanes) is 1. The first-order valence-corrected chi connectivity index (χ1v) is 14.0. The van der Waals surface area contributed by atoms with Crippen molar-refractivity contribution in [1.82, 2.24) is 14.8 Å². The third-order valence-corrected chi connectivity index (χ3v) is 7.08. The van der Waals surface area contributed by atoms with E-state index in [9.17, 15) is 4.79 Å². The Morgan fingerprint density at radius 2 is 1.89 bits per heavy atom. The number of carbonyl (C=O) groups is 1. The summed E-state index contributed by atoms with van der Waals surface area (Å²) >= 11 is 1.63. The van der Waals surface area contributed by atoms with Crippen LogP contribution in [0.25, 0.3) is 0 Å². The standard InChI is InChI=1S/C29H36N4O3S/c1-5-6-18-37-29-31-28-30-21(4)25(27(34)36-19-22-10-8-7-9-11-22)26(33(28)32-29)23-12-14-24(15-13-23)35-17-16-20(2)3/h7-15,20,26H,5-6,16-19H2,1-4H3,(H,30,31,32). The minimum atomic E-state index is -0.461. The van der Waals surface area contributed by atoms with Gasteiger partial charge >= 0.3 is 5.97 Å². The van der Waals surface area contributed by atoms with Gasteiger partial charge in [-0.25, -0.2) is 9.48 Å². The van der Waals surface area contributed by atoms with E-state index in [4.69, 9.17) is 19.6 Å². The Bertz CT molecular complexity index is 1210. The molecule has 0 fully saturated rings. The average molecular weight is 521 g/mol. The Morgan fingerprint density at radius 1 is 1.14 bits per heavy atom. The molecule has 8 heteroatoms. The van der Waals surface area contributed by atoms with Gasteiger partial charge in [-0.2, -0.15) is 4.98 Å². The van der Waals surface area contributed by atoms with Crippen molar-refractivity contribution in [1.29, 1.82) is 0 Å². The quantitative estimate of drug-likeness (QED) is 0.163. The maximum Gasteiger partial charge on any atom is 0.338 e. The Kier molecular flexibility index (Phi) is 9.28. The fourth-order valence-corrected chi connectivity index (χ4v) is 4.94. The smallest absolute Gasteiger partial charge is 0.338 e. The molecule has 1 aliphatic rings. The van der Waals surface area contributed by atoms with Gasteiger partial charge < -0.3 is 14.8 Å². The number of esters is 1. The fourth-order valence-electron chi connectivity index (χ4n) is 4.03. The summed E-state index contributed by atoms with van der Waals surface area (Å²) in [5.74, 6) is 2.59. The van der Waals surface area contributed by atoms with Gasteiger partial charge in [0.2, 0.25) is 11.1 Å². The third kappa shape index (κ3) is 6.95. The van der Waals surface area contributed by atoms with Gasteiger partial charge in [0.1, 0.15) is 18.4 Å². The molecule has 0 radical (unpaired) electrons. The number of nitrogens with one attached hydrogen (secondary N) is 1. The molecule has 1 aromatic heterocycles. The summed E-state index contributed by atoms with van der Waals surface area (Å²) in [6.07, 6.45) is 3.21. The highest BCUT2D eigenvalue weighted by atomic mass is 32.2. The first kappa shape index (κ1) is 26.8. The molecule has 37 heavy (non-hydrogen) atoms. The van der Waals surface area contributed by atoms with Gasteiger partial charge in [-0.15, -0.1) is 5.10 Å². The first-order chi connectivity index (χ1) is 18.0. The Hall–Kier alpha value is -3.26. The zero-order chi connectivity index (χ0) is 26.2. The molecule has 2 aromatic carbocycles. The van der Waals surface area contributed by atoms with Crippen LogP contribution >= 0.6 is 11.8 Å². The number of hydrogen-bond acceptors (Lipinski definition) is 7. The van der Waals surface area contributed by atoms with Crippen LogP contribution in [0.4, 0.5) is 5.95 Å². The summed E-state index contributed by atoms with van der Waals surface area (Å²) in [4.78, 5) is 18.2. The normalized spacial score (nSPS) is 14.9. The second-order valence-corrected chi connectivity index (χ2v) is 10.7. The van der Waals surface area contributed by atoms with Crippen LogP contribution in [0, 0.1) is 5.92 Å². The van der Waals surface area contributed by atoms with Crippen LogP contribution in [-0.2, 0) is 16.1 Å². The van der Waals surface area contributed by atoms with Gasteiger partial charge in [0, 0.05) is 11.4 Å². The molecule has 2 heterocycles. The molecule has 0 amide bonds. The molecule has 1 N–H and O–H groups in total. The number of nitrogens with zero attached hydrogens (tertiary/aromatic N) is 3. The molecular weight excluding hydrogens is 484 g/mol. The fraction of sp³-hybridized carbons (Fsp3) is 0.414. The molecule has 0 aliphatic carbocycles. The summed E-state index contributed by atoms with van der Waals surface area (Å²) in [5, 5.41) is 8.77. The summed E-state index contributed by atoms with van der Waals surface area (Å²) in [5.41, 5.74) is 3.09. The van der Waals surface area contributed by atoms with Crippen molar-refractivity contribution in [3.8, 4) is 5.75 Å². The number of fused-ring (bicyclic) bond motifs is 1. The summed E-state index contributed by atoms with van der Waals surface area (Å²) in [7, 11) is 0. The van der Waals surface area contributed by atoms with Crippen LogP contribution in [0.3, 0.4) is 0 Å². The highest BCUT2D eigenvalue weighted by Gasteiger charge is 2.35. The summed E-state index contributed by atoms with van der Waals surface area (Å²) < 4.78 is 13.5. The van der Waals surface area contributed by atoms with Crippen molar-refractivity contribution in [2.75, 3.05) is 17.7 Å². The maximum absolute atomic E-state index is 13.5. The predicted octanol–water partition coefficient (Wildman–Crippen LogP) is 6.63.